The first kappa shape index (κ1) is 21.1. The zero-order chi connectivity index (χ0) is 21.4. The molecule has 4 atom stereocenters. The lowest BCUT2D eigenvalue weighted by Gasteiger charge is -2.34. The fourth-order valence-electron chi connectivity index (χ4n) is 6.15. The molecule has 170 valence electrons. The van der Waals surface area contributed by atoms with Gasteiger partial charge in [0, 0.05) is 31.1 Å². The van der Waals surface area contributed by atoms with Crippen LogP contribution >= 0.6 is 11.6 Å². The number of carbonyl (C=O) groups excluding carboxylic acids is 1. The van der Waals surface area contributed by atoms with Gasteiger partial charge >= 0.3 is 6.09 Å². The third kappa shape index (κ3) is 4.70. The first-order chi connectivity index (χ1) is 15.0. The highest BCUT2D eigenvalue weighted by atomic mass is 35.5. The zero-order valence-corrected chi connectivity index (χ0v) is 18.6. The molecule has 1 amide bonds. The van der Waals surface area contributed by atoms with Gasteiger partial charge in [-0.05, 0) is 56.8 Å². The predicted octanol–water partition coefficient (Wildman–Crippen LogP) is 2.82. The molecule has 5 rings (SSSR count). The molecule has 2 bridgehead atoms. The third-order valence-electron chi connectivity index (χ3n) is 7.77. The van der Waals surface area contributed by atoms with Gasteiger partial charge in [-0.1, -0.05) is 18.0 Å². The molecule has 1 aromatic heterocycles. The Kier molecular flexibility index (Phi) is 6.10. The van der Waals surface area contributed by atoms with Gasteiger partial charge in [0.2, 0.25) is 0 Å². The number of hydrogen-bond donors (Lipinski definition) is 3. The van der Waals surface area contributed by atoms with Gasteiger partial charge in [-0.2, -0.15) is 5.10 Å². The Labute approximate surface area is 187 Å². The summed E-state index contributed by atoms with van der Waals surface area (Å²) in [4.78, 5) is 26.0. The average molecular weight is 450 g/mol. The van der Waals surface area contributed by atoms with Crippen molar-refractivity contribution in [2.24, 2.45) is 11.8 Å². The van der Waals surface area contributed by atoms with Crippen LogP contribution in [-0.4, -0.2) is 53.6 Å². The number of amides is 1. The van der Waals surface area contributed by atoms with Crippen molar-refractivity contribution >= 4 is 23.4 Å². The smallest absolute Gasteiger partial charge is 0.407 e. The van der Waals surface area contributed by atoms with Crippen molar-refractivity contribution in [3.8, 4) is 0 Å². The molecule has 1 unspecified atom stereocenters. The van der Waals surface area contributed by atoms with Crippen LogP contribution in [0.4, 0.5) is 10.5 Å². The number of H-pyrrole nitrogens is 1. The molecule has 2 heterocycles. The molecule has 1 aromatic rings. The number of aromatic nitrogens is 2. The van der Waals surface area contributed by atoms with E-state index in [2.05, 4.69) is 20.8 Å². The minimum absolute atomic E-state index is 0.121. The second-order valence-electron chi connectivity index (χ2n) is 9.80. The molecule has 0 aromatic carbocycles. The summed E-state index contributed by atoms with van der Waals surface area (Å²) < 4.78 is 5.65. The van der Waals surface area contributed by atoms with Crippen LogP contribution < -0.4 is 21.1 Å². The fourth-order valence-corrected chi connectivity index (χ4v) is 6.36. The van der Waals surface area contributed by atoms with Crippen LogP contribution in [0.25, 0.3) is 0 Å². The number of halogens is 1. The van der Waals surface area contributed by atoms with Crippen LogP contribution in [0.3, 0.4) is 0 Å². The van der Waals surface area contributed by atoms with Crippen molar-refractivity contribution in [1.29, 1.82) is 0 Å². The first-order valence-electron chi connectivity index (χ1n) is 11.8. The van der Waals surface area contributed by atoms with Crippen molar-refractivity contribution in [2.45, 2.75) is 82.0 Å². The molecule has 1 aliphatic heterocycles. The van der Waals surface area contributed by atoms with Gasteiger partial charge in [0.25, 0.3) is 5.56 Å². The van der Waals surface area contributed by atoms with Gasteiger partial charge < -0.3 is 20.3 Å². The van der Waals surface area contributed by atoms with Crippen molar-refractivity contribution in [2.75, 3.05) is 18.0 Å². The fraction of sp³-hybridized carbons (Fsp3) is 0.773. The Balaban J connectivity index is 1.03. The molecule has 9 heteroatoms. The summed E-state index contributed by atoms with van der Waals surface area (Å²) >= 11 is 6.09. The monoisotopic (exact) mass is 449 g/mol. The van der Waals surface area contributed by atoms with Crippen LogP contribution in [0, 0.1) is 11.8 Å². The molecule has 31 heavy (non-hydrogen) atoms. The largest absolute Gasteiger partial charge is 0.444 e. The number of nitrogens with zero attached hydrogens (tertiary/aromatic N) is 2. The number of fused-ring (bicyclic) bond motifs is 2. The van der Waals surface area contributed by atoms with Crippen molar-refractivity contribution in [1.82, 2.24) is 20.8 Å². The molecule has 3 saturated carbocycles. The lowest BCUT2D eigenvalue weighted by Crippen LogP contribution is -2.47. The Bertz CT molecular complexity index is 856. The number of nitrogens with one attached hydrogen (secondary N) is 3. The summed E-state index contributed by atoms with van der Waals surface area (Å²) in [5, 5.41) is 13.2. The van der Waals surface area contributed by atoms with E-state index in [9.17, 15) is 9.59 Å². The number of alkyl carbamates (subject to hydrolysis) is 1. The number of hydrogen-bond acceptors (Lipinski definition) is 6. The van der Waals surface area contributed by atoms with E-state index in [-0.39, 0.29) is 23.3 Å². The summed E-state index contributed by atoms with van der Waals surface area (Å²) in [6.45, 7) is 1.18. The van der Waals surface area contributed by atoms with Crippen LogP contribution in [0.5, 0.6) is 0 Å². The van der Waals surface area contributed by atoms with Crippen LogP contribution in [0.15, 0.2) is 11.0 Å². The molecule has 1 saturated heterocycles. The molecule has 4 aliphatic rings. The van der Waals surface area contributed by atoms with Gasteiger partial charge in [-0.15, -0.1) is 0 Å². The summed E-state index contributed by atoms with van der Waals surface area (Å²) in [5.41, 5.74) is 0.171. The van der Waals surface area contributed by atoms with E-state index in [1.807, 2.05) is 4.90 Å². The van der Waals surface area contributed by atoms with Crippen molar-refractivity contribution in [3.05, 3.63) is 21.6 Å². The zero-order valence-electron chi connectivity index (χ0n) is 17.8. The van der Waals surface area contributed by atoms with Crippen LogP contribution in [-0.2, 0) is 4.74 Å². The Morgan fingerprint density at radius 1 is 1.13 bits per heavy atom. The maximum atomic E-state index is 12.4. The topological polar surface area (TPSA) is 99.3 Å². The van der Waals surface area contributed by atoms with Gasteiger partial charge in [-0.3, -0.25) is 4.79 Å². The van der Waals surface area contributed by atoms with Gasteiger partial charge in [0.1, 0.15) is 11.1 Å². The first-order valence-corrected chi connectivity index (χ1v) is 12.1. The summed E-state index contributed by atoms with van der Waals surface area (Å²) in [5.74, 6) is 1.87. The highest BCUT2D eigenvalue weighted by Gasteiger charge is 2.40. The quantitative estimate of drug-likeness (QED) is 0.639. The molecule has 0 spiro atoms. The van der Waals surface area contributed by atoms with E-state index in [1.165, 1.54) is 31.9 Å². The molecule has 8 nitrogen and oxygen atoms in total. The molecular weight excluding hydrogens is 418 g/mol. The summed E-state index contributed by atoms with van der Waals surface area (Å²) in [6.07, 6.45) is 11.6. The van der Waals surface area contributed by atoms with Gasteiger partial charge in [0.15, 0.2) is 0 Å². The third-order valence-corrected chi connectivity index (χ3v) is 8.14. The minimum atomic E-state index is -0.410. The maximum absolute atomic E-state index is 12.4. The Morgan fingerprint density at radius 2 is 1.94 bits per heavy atom. The summed E-state index contributed by atoms with van der Waals surface area (Å²) in [7, 11) is 0. The maximum Gasteiger partial charge on any atom is 0.407 e. The van der Waals surface area contributed by atoms with Crippen LogP contribution in [0.2, 0.25) is 5.02 Å². The van der Waals surface area contributed by atoms with Crippen LogP contribution in [0.1, 0.15) is 57.8 Å². The highest BCUT2D eigenvalue weighted by Crippen LogP contribution is 2.44. The van der Waals surface area contributed by atoms with E-state index < -0.39 is 5.56 Å². The Morgan fingerprint density at radius 3 is 2.68 bits per heavy atom. The number of rotatable bonds is 5. The normalized spacial score (nSPS) is 34.8. The lowest BCUT2D eigenvalue weighted by molar-refractivity contribution is 0.102. The highest BCUT2D eigenvalue weighted by molar-refractivity contribution is 6.33. The number of carbonyl (C=O) groups is 1. The van der Waals surface area contributed by atoms with Gasteiger partial charge in [0.05, 0.1) is 18.4 Å². The van der Waals surface area contributed by atoms with Crippen molar-refractivity contribution in [3.63, 3.8) is 0 Å². The predicted molar refractivity (Wildman–Crippen MR) is 119 cm³/mol. The Hall–Kier alpha value is -1.80. The second kappa shape index (κ2) is 8.98. The molecular formula is C22H32ClN5O3. The molecule has 3 N–H and O–H groups in total. The van der Waals surface area contributed by atoms with Crippen molar-refractivity contribution < 1.29 is 9.53 Å². The standard InChI is InChI=1S/C22H32ClN5O3/c23-20-19(11-24-27-21(20)29)28-8-7-17(12-28)31-22(30)26-16-5-3-15(4-6-16)25-18-10-13-1-2-14(18)9-13/h11,13-18,25H,1-10,12H2,(H,26,30)(H,27,29)/t13-,14+,15?,16?,17-,18?/m1/s1. The molecule has 4 fully saturated rings. The number of anilines is 1. The number of aromatic amines is 1. The SMILES string of the molecule is O=C(NC1CCC(NC2C[C@@H]3CC[C@H]2C3)CC1)O[C@@H]1CCN(c2cn[nH]c(=O)c2Cl)C1. The summed E-state index contributed by atoms with van der Waals surface area (Å²) in [6, 6.07) is 1.51. The van der Waals surface area contributed by atoms with E-state index in [4.69, 9.17) is 16.3 Å². The minimum Gasteiger partial charge on any atom is -0.444 e. The van der Waals surface area contributed by atoms with E-state index >= 15 is 0 Å². The number of ether oxygens (including phenoxy) is 1. The molecule has 0 radical (unpaired) electrons. The van der Waals surface area contributed by atoms with E-state index in [0.29, 0.717) is 31.2 Å². The lowest BCUT2D eigenvalue weighted by atomic mass is 9.88. The van der Waals surface area contributed by atoms with Gasteiger partial charge in [-0.25, -0.2) is 9.89 Å². The average Bonchev–Trinajstić information content (AvgIpc) is 3.49. The van der Waals surface area contributed by atoms with E-state index in [0.717, 1.165) is 43.6 Å². The second-order valence-corrected chi connectivity index (χ2v) is 10.2. The molecule has 3 aliphatic carbocycles. The van der Waals surface area contributed by atoms with E-state index in [1.54, 1.807) is 0 Å².